The van der Waals surface area contributed by atoms with Crippen LogP contribution in [0.4, 0.5) is 0 Å². The van der Waals surface area contributed by atoms with Crippen LogP contribution in [0.2, 0.25) is 0 Å². The van der Waals surface area contributed by atoms with Gasteiger partial charge >= 0.3 is 0 Å². The summed E-state index contributed by atoms with van der Waals surface area (Å²) in [5.74, 6) is 2.14. The van der Waals surface area contributed by atoms with Crippen molar-refractivity contribution in [2.75, 3.05) is 20.8 Å². The lowest BCUT2D eigenvalue weighted by Gasteiger charge is -2.26. The smallest absolute Gasteiger partial charge is 0.271 e. The number of carbonyl (C=O) groups excluding carboxylic acids is 1. The number of rotatable bonds is 10. The molecular formula is C37H34N2O6S. The van der Waals surface area contributed by atoms with Crippen LogP contribution < -0.4 is 33.8 Å². The Morgan fingerprint density at radius 3 is 2.50 bits per heavy atom. The summed E-state index contributed by atoms with van der Waals surface area (Å²) < 4.78 is 25.3. The molecule has 1 atom stereocenters. The number of thiazole rings is 1. The van der Waals surface area contributed by atoms with Crippen molar-refractivity contribution in [2.24, 2.45) is 4.99 Å². The van der Waals surface area contributed by atoms with Gasteiger partial charge in [0.1, 0.15) is 18.1 Å². The number of allylic oxidation sites excluding steroid dienone is 2. The second-order valence-electron chi connectivity index (χ2n) is 10.8. The van der Waals surface area contributed by atoms with E-state index in [-0.39, 0.29) is 11.3 Å². The Morgan fingerprint density at radius 2 is 1.74 bits per heavy atom. The van der Waals surface area contributed by atoms with E-state index in [9.17, 15) is 9.59 Å². The minimum absolute atomic E-state index is 0.168. The SMILES string of the molecule is CCOc1cc(/C=c2\sc3n(c2=O)[C@@H](c2ccc(OC)cc2OC)C(C(C)=O)=C(C)N=3)ccc1OCc1cccc2ccccc12. The van der Waals surface area contributed by atoms with E-state index >= 15 is 0 Å². The van der Waals surface area contributed by atoms with Gasteiger partial charge in [-0.25, -0.2) is 4.99 Å². The predicted octanol–water partition coefficient (Wildman–Crippen LogP) is 5.97. The number of ether oxygens (including phenoxy) is 4. The molecule has 0 spiro atoms. The summed E-state index contributed by atoms with van der Waals surface area (Å²) in [4.78, 5) is 32.2. The number of ketones is 1. The van der Waals surface area contributed by atoms with E-state index < -0.39 is 6.04 Å². The Balaban J connectivity index is 1.39. The van der Waals surface area contributed by atoms with Crippen molar-refractivity contribution in [3.63, 3.8) is 0 Å². The molecule has 1 aromatic heterocycles. The lowest BCUT2D eigenvalue weighted by Crippen LogP contribution is -2.39. The van der Waals surface area contributed by atoms with Gasteiger partial charge in [0.2, 0.25) is 0 Å². The van der Waals surface area contributed by atoms with E-state index in [4.69, 9.17) is 18.9 Å². The molecule has 46 heavy (non-hydrogen) atoms. The van der Waals surface area contributed by atoms with Crippen LogP contribution in [0.3, 0.4) is 0 Å². The van der Waals surface area contributed by atoms with Crippen molar-refractivity contribution in [3.8, 4) is 23.0 Å². The summed E-state index contributed by atoms with van der Waals surface area (Å²) >= 11 is 1.27. The van der Waals surface area contributed by atoms with Gasteiger partial charge in [0.05, 0.1) is 31.4 Å². The van der Waals surface area contributed by atoms with Gasteiger partial charge in [0.15, 0.2) is 22.1 Å². The molecule has 2 heterocycles. The molecule has 5 aromatic rings. The maximum Gasteiger partial charge on any atom is 0.271 e. The quantitative estimate of drug-likeness (QED) is 0.188. The van der Waals surface area contributed by atoms with Crippen LogP contribution in [0.15, 0.2) is 99.9 Å². The molecule has 0 unspecified atom stereocenters. The van der Waals surface area contributed by atoms with Crippen molar-refractivity contribution < 1.29 is 23.7 Å². The van der Waals surface area contributed by atoms with Gasteiger partial charge in [-0.3, -0.25) is 14.2 Å². The maximum absolute atomic E-state index is 14.1. The molecule has 6 rings (SSSR count). The standard InChI is InChI=1S/C37H34N2O6S/c1-6-44-32-18-24(14-17-30(32)45-21-26-12-9-11-25-10-7-8-13-28(25)26)19-33-36(41)39-35(29-16-15-27(42-4)20-31(29)43-5)34(23(3)40)22(2)38-37(39)46-33/h7-20,35H,6,21H2,1-5H3/b33-19-/t35-/m0/s1. The molecule has 0 N–H and O–H groups in total. The number of carbonyl (C=O) groups is 1. The van der Waals surface area contributed by atoms with Crippen LogP contribution in [0, 0.1) is 0 Å². The van der Waals surface area contributed by atoms with Crippen LogP contribution in [-0.2, 0) is 11.4 Å². The lowest BCUT2D eigenvalue weighted by molar-refractivity contribution is -0.114. The zero-order valence-corrected chi connectivity index (χ0v) is 27.1. The highest BCUT2D eigenvalue weighted by molar-refractivity contribution is 7.07. The highest BCUT2D eigenvalue weighted by Crippen LogP contribution is 2.37. The second-order valence-corrected chi connectivity index (χ2v) is 11.8. The van der Waals surface area contributed by atoms with Gasteiger partial charge in [-0.05, 0) is 73.0 Å². The Morgan fingerprint density at radius 1 is 0.935 bits per heavy atom. The molecule has 8 nitrogen and oxygen atoms in total. The average molecular weight is 635 g/mol. The topological polar surface area (TPSA) is 88.3 Å². The fraction of sp³-hybridized carbons (Fsp3) is 0.216. The molecule has 0 fully saturated rings. The Kier molecular flexibility index (Phi) is 8.76. The molecule has 1 aliphatic heterocycles. The van der Waals surface area contributed by atoms with Crippen molar-refractivity contribution in [1.29, 1.82) is 0 Å². The van der Waals surface area contributed by atoms with Crippen molar-refractivity contribution in [2.45, 2.75) is 33.4 Å². The fourth-order valence-corrected chi connectivity index (χ4v) is 6.88. The minimum Gasteiger partial charge on any atom is -0.497 e. The van der Waals surface area contributed by atoms with Gasteiger partial charge in [-0.15, -0.1) is 0 Å². The van der Waals surface area contributed by atoms with Gasteiger partial charge < -0.3 is 18.9 Å². The molecular weight excluding hydrogens is 600 g/mol. The molecule has 1 aliphatic rings. The molecule has 234 valence electrons. The van der Waals surface area contributed by atoms with Crippen LogP contribution >= 0.6 is 11.3 Å². The molecule has 9 heteroatoms. The van der Waals surface area contributed by atoms with Crippen LogP contribution in [0.25, 0.3) is 16.8 Å². The Labute approximate surface area is 270 Å². The summed E-state index contributed by atoms with van der Waals surface area (Å²) in [6, 6.07) is 24.7. The molecule has 0 aliphatic carbocycles. The van der Waals surface area contributed by atoms with E-state index in [0.29, 0.717) is 62.4 Å². The summed E-state index contributed by atoms with van der Waals surface area (Å²) in [5.41, 5.74) is 3.26. The summed E-state index contributed by atoms with van der Waals surface area (Å²) in [7, 11) is 3.13. The third kappa shape index (κ3) is 5.81. The number of aromatic nitrogens is 1. The zero-order valence-electron chi connectivity index (χ0n) is 26.3. The minimum atomic E-state index is -0.708. The third-order valence-corrected chi connectivity index (χ3v) is 8.95. The van der Waals surface area contributed by atoms with Crippen LogP contribution in [0.5, 0.6) is 23.0 Å². The number of benzene rings is 4. The van der Waals surface area contributed by atoms with Crippen LogP contribution in [0.1, 0.15) is 43.5 Å². The molecule has 0 radical (unpaired) electrons. The largest absolute Gasteiger partial charge is 0.497 e. The first-order chi connectivity index (χ1) is 22.3. The number of nitrogens with zero attached hydrogens (tertiary/aromatic N) is 2. The van der Waals surface area contributed by atoms with Crippen LogP contribution in [-0.4, -0.2) is 31.2 Å². The summed E-state index contributed by atoms with van der Waals surface area (Å²) in [6.45, 7) is 6.04. The van der Waals surface area contributed by atoms with Gasteiger partial charge in [-0.2, -0.15) is 0 Å². The lowest BCUT2D eigenvalue weighted by atomic mass is 9.92. The first-order valence-electron chi connectivity index (χ1n) is 14.9. The van der Waals surface area contributed by atoms with E-state index in [1.54, 1.807) is 37.8 Å². The number of hydrogen-bond acceptors (Lipinski definition) is 8. The van der Waals surface area contributed by atoms with Gasteiger partial charge in [0, 0.05) is 22.9 Å². The Hall–Kier alpha value is -5.15. The molecule has 0 bridgehead atoms. The fourth-order valence-electron chi connectivity index (χ4n) is 5.84. The van der Waals surface area contributed by atoms with Gasteiger partial charge in [-0.1, -0.05) is 59.9 Å². The monoisotopic (exact) mass is 634 g/mol. The van der Waals surface area contributed by atoms with Crippen molar-refractivity contribution >= 4 is 34.0 Å². The van der Waals surface area contributed by atoms with Crippen molar-refractivity contribution in [1.82, 2.24) is 4.57 Å². The molecule has 0 saturated carbocycles. The zero-order chi connectivity index (χ0) is 32.4. The number of methoxy groups -OCH3 is 2. The highest BCUT2D eigenvalue weighted by atomic mass is 32.1. The van der Waals surface area contributed by atoms with E-state index in [0.717, 1.165) is 21.9 Å². The van der Waals surface area contributed by atoms with E-state index in [1.807, 2.05) is 55.5 Å². The second kappa shape index (κ2) is 13.1. The first kappa shape index (κ1) is 30.9. The maximum atomic E-state index is 14.1. The van der Waals surface area contributed by atoms with E-state index in [2.05, 4.69) is 29.3 Å². The highest BCUT2D eigenvalue weighted by Gasteiger charge is 2.32. The molecule has 4 aromatic carbocycles. The first-order valence-corrected chi connectivity index (χ1v) is 15.8. The number of Topliss-reactive ketones (excluding diaryl/α,β-unsaturated/α-hetero) is 1. The third-order valence-electron chi connectivity index (χ3n) is 7.96. The summed E-state index contributed by atoms with van der Waals surface area (Å²) in [6.07, 6.45) is 1.82. The number of fused-ring (bicyclic) bond motifs is 2. The van der Waals surface area contributed by atoms with Gasteiger partial charge in [0.25, 0.3) is 5.56 Å². The van der Waals surface area contributed by atoms with Crippen molar-refractivity contribution in [3.05, 3.63) is 127 Å². The predicted molar refractivity (Wildman–Crippen MR) is 180 cm³/mol. The summed E-state index contributed by atoms with van der Waals surface area (Å²) in [5, 5.41) is 2.30. The normalized spacial score (nSPS) is 14.5. The molecule has 0 saturated heterocycles. The number of hydrogen-bond donors (Lipinski definition) is 0. The Bertz CT molecular complexity index is 2170. The van der Waals surface area contributed by atoms with E-state index in [1.165, 1.54) is 18.3 Å². The average Bonchev–Trinajstić information content (AvgIpc) is 3.36. The molecule has 0 amide bonds.